The Hall–Kier alpha value is -3.94. The van der Waals surface area contributed by atoms with E-state index in [4.69, 9.17) is 4.74 Å². The summed E-state index contributed by atoms with van der Waals surface area (Å²) in [6.07, 6.45) is 0.954. The van der Waals surface area contributed by atoms with Crippen molar-refractivity contribution < 1.29 is 19.7 Å². The Morgan fingerprint density at radius 1 is 0.973 bits per heavy atom. The van der Waals surface area contributed by atoms with Crippen LogP contribution in [0.2, 0.25) is 0 Å². The molecule has 190 valence electrons. The Labute approximate surface area is 215 Å². The first kappa shape index (κ1) is 24.7. The van der Waals surface area contributed by atoms with Gasteiger partial charge in [0.1, 0.15) is 5.75 Å². The molecule has 7 heteroatoms. The molecule has 0 bridgehead atoms. The molecular weight excluding hydrogens is 468 g/mol. The largest absolute Gasteiger partial charge is 0.497 e. The molecule has 0 saturated carbocycles. The van der Waals surface area contributed by atoms with Crippen molar-refractivity contribution in [3.05, 3.63) is 106 Å². The lowest BCUT2D eigenvalue weighted by Gasteiger charge is -2.39. The van der Waals surface area contributed by atoms with Gasteiger partial charge in [0.05, 0.1) is 24.0 Å². The van der Waals surface area contributed by atoms with E-state index in [-0.39, 0.29) is 17.7 Å². The number of fused-ring (bicyclic) bond motifs is 1. The number of piperidine rings is 1. The van der Waals surface area contributed by atoms with E-state index in [0.29, 0.717) is 53.8 Å². The highest BCUT2D eigenvalue weighted by Gasteiger charge is 2.35. The highest BCUT2D eigenvalue weighted by molar-refractivity contribution is 6.04. The average Bonchev–Trinajstić information content (AvgIpc) is 2.90. The van der Waals surface area contributed by atoms with Crippen molar-refractivity contribution in [2.24, 2.45) is 0 Å². The molecule has 4 aromatic rings. The van der Waals surface area contributed by atoms with Crippen LogP contribution in [0.4, 0.5) is 0 Å². The fraction of sp³-hybridized carbons (Fsp3) is 0.267. The number of hydrogen-bond donors (Lipinski definition) is 2. The van der Waals surface area contributed by atoms with Crippen molar-refractivity contribution in [1.82, 2.24) is 9.47 Å². The smallest absolute Gasteiger partial charge is 0.338 e. The van der Waals surface area contributed by atoms with Crippen LogP contribution in [-0.4, -0.2) is 45.8 Å². The number of carboxylic acid groups (broad SMARTS) is 1. The molecule has 37 heavy (non-hydrogen) atoms. The molecule has 0 atom stereocenters. The first-order valence-electron chi connectivity index (χ1n) is 12.4. The topological polar surface area (TPSA) is 92.0 Å². The Bertz CT molecular complexity index is 1530. The summed E-state index contributed by atoms with van der Waals surface area (Å²) < 4.78 is 6.87. The van der Waals surface area contributed by atoms with Gasteiger partial charge in [-0.15, -0.1) is 0 Å². The number of methoxy groups -OCH3 is 1. The summed E-state index contributed by atoms with van der Waals surface area (Å²) in [5, 5.41) is 22.5. The predicted molar refractivity (Wildman–Crippen MR) is 143 cm³/mol. The number of nitrogens with zero attached hydrogens (tertiary/aromatic N) is 2. The Morgan fingerprint density at radius 3 is 2.35 bits per heavy atom. The van der Waals surface area contributed by atoms with Crippen molar-refractivity contribution >= 4 is 16.7 Å². The lowest BCUT2D eigenvalue weighted by molar-refractivity contribution is -0.0283. The zero-order valence-corrected chi connectivity index (χ0v) is 21.0. The molecule has 5 rings (SSSR count). The minimum Gasteiger partial charge on any atom is -0.497 e. The first-order chi connectivity index (χ1) is 17.8. The molecule has 0 amide bonds. The number of ether oxygens (including phenoxy) is 1. The van der Waals surface area contributed by atoms with E-state index in [0.717, 1.165) is 11.1 Å². The summed E-state index contributed by atoms with van der Waals surface area (Å²) in [6.45, 7) is 3.30. The number of aromatic carboxylic acids is 1. The molecule has 0 aliphatic carbocycles. The van der Waals surface area contributed by atoms with Crippen molar-refractivity contribution in [2.45, 2.75) is 31.9 Å². The summed E-state index contributed by atoms with van der Waals surface area (Å²) in [7, 11) is 1.60. The maximum Gasteiger partial charge on any atom is 0.338 e. The van der Waals surface area contributed by atoms with Gasteiger partial charge in [0.25, 0.3) is 5.56 Å². The number of carboxylic acids is 1. The van der Waals surface area contributed by atoms with Crippen LogP contribution in [0.1, 0.15) is 40.0 Å². The molecule has 1 fully saturated rings. The molecule has 1 aliphatic heterocycles. The number of aliphatic hydroxyl groups is 1. The standard InChI is InChI=1S/C30H30N2O5/c1-20-7-5-9-22(17-20)32-26(27(29(34)35)24-11-3-4-12-25(24)28(32)33)19-31-15-13-30(36,14-16-31)21-8-6-10-23(18-21)37-2/h3-12,17-18,36H,13-16,19H2,1-2H3,(H,34,35). The van der Waals surface area contributed by atoms with Crippen LogP contribution in [0.15, 0.2) is 77.6 Å². The van der Waals surface area contributed by atoms with Gasteiger partial charge in [-0.25, -0.2) is 4.79 Å². The number of likely N-dealkylation sites (tertiary alicyclic amines) is 1. The zero-order chi connectivity index (χ0) is 26.2. The molecule has 0 radical (unpaired) electrons. The highest BCUT2D eigenvalue weighted by atomic mass is 16.5. The van der Waals surface area contributed by atoms with Crippen LogP contribution in [0.5, 0.6) is 5.75 Å². The molecule has 3 aromatic carbocycles. The van der Waals surface area contributed by atoms with Gasteiger partial charge in [-0.2, -0.15) is 0 Å². The van der Waals surface area contributed by atoms with E-state index in [1.807, 2.05) is 55.5 Å². The van der Waals surface area contributed by atoms with Gasteiger partial charge in [0.15, 0.2) is 0 Å². The van der Waals surface area contributed by atoms with Crippen molar-refractivity contribution in [3.63, 3.8) is 0 Å². The number of pyridine rings is 1. The summed E-state index contributed by atoms with van der Waals surface area (Å²) in [5.74, 6) is -0.379. The van der Waals surface area contributed by atoms with Crippen LogP contribution >= 0.6 is 0 Å². The van der Waals surface area contributed by atoms with Crippen molar-refractivity contribution in [1.29, 1.82) is 0 Å². The first-order valence-corrected chi connectivity index (χ1v) is 12.4. The maximum absolute atomic E-state index is 13.7. The fourth-order valence-electron chi connectivity index (χ4n) is 5.32. The molecular formula is C30H30N2O5. The SMILES string of the molecule is COc1cccc(C2(O)CCN(Cc3c(C(=O)O)c4ccccc4c(=O)n3-c3cccc(C)c3)CC2)c1. The summed E-state index contributed by atoms with van der Waals surface area (Å²) in [5.41, 5.74) is 1.74. The van der Waals surface area contributed by atoms with Crippen LogP contribution in [0.3, 0.4) is 0 Å². The van der Waals surface area contributed by atoms with E-state index in [2.05, 4.69) is 4.90 Å². The van der Waals surface area contributed by atoms with Gasteiger partial charge in [0.2, 0.25) is 0 Å². The van der Waals surface area contributed by atoms with Gasteiger partial charge in [0, 0.05) is 36.1 Å². The third-order valence-corrected chi connectivity index (χ3v) is 7.33. The third-order valence-electron chi connectivity index (χ3n) is 7.33. The van der Waals surface area contributed by atoms with Crippen molar-refractivity contribution in [3.8, 4) is 11.4 Å². The number of hydrogen-bond acceptors (Lipinski definition) is 5. The van der Waals surface area contributed by atoms with E-state index in [1.165, 1.54) is 0 Å². The zero-order valence-electron chi connectivity index (χ0n) is 21.0. The number of carbonyl (C=O) groups is 1. The van der Waals surface area contributed by atoms with E-state index < -0.39 is 11.6 Å². The Morgan fingerprint density at radius 2 is 1.68 bits per heavy atom. The fourth-order valence-corrected chi connectivity index (χ4v) is 5.32. The quantitative estimate of drug-likeness (QED) is 0.407. The van der Waals surface area contributed by atoms with E-state index in [9.17, 15) is 19.8 Å². The number of rotatable bonds is 6. The van der Waals surface area contributed by atoms with Crippen LogP contribution in [0.25, 0.3) is 16.5 Å². The number of aromatic nitrogens is 1. The Balaban J connectivity index is 1.56. The Kier molecular flexibility index (Phi) is 6.58. The second-order valence-electron chi connectivity index (χ2n) is 9.69. The lowest BCUT2D eigenvalue weighted by Crippen LogP contribution is -2.43. The minimum atomic E-state index is -1.07. The average molecular weight is 499 g/mol. The van der Waals surface area contributed by atoms with E-state index >= 15 is 0 Å². The van der Waals surface area contributed by atoms with Gasteiger partial charge in [-0.05, 0) is 61.2 Å². The molecule has 1 saturated heterocycles. The maximum atomic E-state index is 13.7. The highest BCUT2D eigenvalue weighted by Crippen LogP contribution is 2.35. The summed E-state index contributed by atoms with van der Waals surface area (Å²) in [6, 6.07) is 21.9. The normalized spacial score (nSPS) is 15.5. The van der Waals surface area contributed by atoms with Crippen molar-refractivity contribution in [2.75, 3.05) is 20.2 Å². The lowest BCUT2D eigenvalue weighted by atomic mass is 9.84. The van der Waals surface area contributed by atoms with E-state index in [1.54, 1.807) is 35.9 Å². The predicted octanol–water partition coefficient (Wildman–Crippen LogP) is 4.49. The molecule has 0 unspecified atom stereocenters. The third kappa shape index (κ3) is 4.63. The molecule has 7 nitrogen and oxygen atoms in total. The van der Waals surface area contributed by atoms with Gasteiger partial charge in [-0.3, -0.25) is 14.3 Å². The molecule has 1 aliphatic rings. The minimum absolute atomic E-state index is 0.130. The summed E-state index contributed by atoms with van der Waals surface area (Å²) in [4.78, 5) is 28.4. The molecule has 1 aromatic heterocycles. The second-order valence-corrected chi connectivity index (χ2v) is 9.69. The molecule has 2 heterocycles. The van der Waals surface area contributed by atoms with Crippen LogP contribution in [0, 0.1) is 6.92 Å². The second kappa shape index (κ2) is 9.84. The van der Waals surface area contributed by atoms with Crippen LogP contribution in [-0.2, 0) is 12.1 Å². The van der Waals surface area contributed by atoms with Gasteiger partial charge >= 0.3 is 5.97 Å². The molecule has 2 N–H and O–H groups in total. The van der Waals surface area contributed by atoms with Gasteiger partial charge in [-0.1, -0.05) is 42.5 Å². The number of aryl methyl sites for hydroxylation is 1. The van der Waals surface area contributed by atoms with Gasteiger partial charge < -0.3 is 14.9 Å². The summed E-state index contributed by atoms with van der Waals surface area (Å²) >= 11 is 0. The monoisotopic (exact) mass is 498 g/mol. The molecule has 0 spiro atoms. The number of benzene rings is 3. The van der Waals surface area contributed by atoms with Crippen LogP contribution < -0.4 is 10.3 Å².